The summed E-state index contributed by atoms with van der Waals surface area (Å²) in [6.07, 6.45) is 4.56. The Labute approximate surface area is 148 Å². The van der Waals surface area contributed by atoms with Crippen molar-refractivity contribution in [2.45, 2.75) is 25.9 Å². The van der Waals surface area contributed by atoms with Crippen molar-refractivity contribution in [2.24, 2.45) is 0 Å². The van der Waals surface area contributed by atoms with Crippen LogP contribution in [0.1, 0.15) is 18.9 Å². The lowest BCUT2D eigenvalue weighted by atomic mass is 10.2. The molecule has 1 aromatic rings. The second-order valence-corrected chi connectivity index (χ2v) is 10.3. The average molecular weight is 389 g/mol. The fourth-order valence-corrected chi connectivity index (χ4v) is 5.34. The van der Waals surface area contributed by atoms with E-state index in [0.29, 0.717) is 13.0 Å². The van der Waals surface area contributed by atoms with Crippen LogP contribution in [0.25, 0.3) is 0 Å². The van der Waals surface area contributed by atoms with Gasteiger partial charge in [-0.3, -0.25) is 9.78 Å². The molecule has 0 bridgehead atoms. The summed E-state index contributed by atoms with van der Waals surface area (Å²) in [6, 6.07) is 2.98. The van der Waals surface area contributed by atoms with E-state index in [1.54, 1.807) is 31.5 Å². The number of pyridine rings is 1. The maximum atomic E-state index is 12.6. The normalized spacial score (nSPS) is 19.9. The first kappa shape index (κ1) is 19.8. The van der Waals surface area contributed by atoms with E-state index in [4.69, 9.17) is 0 Å². The number of carbonyl (C=O) groups excluding carboxylic acids is 1. The zero-order valence-electron chi connectivity index (χ0n) is 14.3. The van der Waals surface area contributed by atoms with Crippen LogP contribution in [0.2, 0.25) is 0 Å². The number of likely N-dealkylation sites (N-methyl/N-ethyl adjacent to an activating group) is 1. The van der Waals surface area contributed by atoms with Gasteiger partial charge in [-0.1, -0.05) is 0 Å². The quantitative estimate of drug-likeness (QED) is 0.644. The summed E-state index contributed by atoms with van der Waals surface area (Å²) >= 11 is 0. The molecule has 0 aliphatic carbocycles. The van der Waals surface area contributed by atoms with Gasteiger partial charge in [-0.25, -0.2) is 16.8 Å². The monoisotopic (exact) mass is 389 g/mol. The van der Waals surface area contributed by atoms with Crippen LogP contribution in [0.15, 0.2) is 24.5 Å². The van der Waals surface area contributed by atoms with Crippen LogP contribution in [-0.4, -0.2) is 73.8 Å². The van der Waals surface area contributed by atoms with Crippen LogP contribution in [0.5, 0.6) is 0 Å². The Bertz CT molecular complexity index is 809. The highest BCUT2D eigenvalue weighted by atomic mass is 32.2. The van der Waals surface area contributed by atoms with Gasteiger partial charge in [0.15, 0.2) is 9.84 Å². The van der Waals surface area contributed by atoms with Gasteiger partial charge in [0, 0.05) is 31.5 Å². The molecule has 1 aliphatic heterocycles. The van der Waals surface area contributed by atoms with Crippen molar-refractivity contribution in [2.75, 3.05) is 30.9 Å². The molecule has 0 saturated carbocycles. The largest absolute Gasteiger partial charge is 0.338 e. The predicted molar refractivity (Wildman–Crippen MR) is 93.9 cm³/mol. The number of hydrogen-bond donors (Lipinski definition) is 0. The van der Waals surface area contributed by atoms with Gasteiger partial charge in [0.25, 0.3) is 0 Å². The molecule has 0 radical (unpaired) electrons. The number of aromatic nitrogens is 1. The molecule has 0 N–H and O–H groups in total. The third-order valence-corrected chi connectivity index (χ3v) is 7.15. The molecule has 140 valence electrons. The Hall–Kier alpha value is -1.52. The Balaban J connectivity index is 2.13. The van der Waals surface area contributed by atoms with Crippen molar-refractivity contribution in [3.8, 4) is 0 Å². The molecule has 0 spiro atoms. The summed E-state index contributed by atoms with van der Waals surface area (Å²) in [5.74, 6) is -0.381. The molecule has 8 nitrogen and oxygen atoms in total. The van der Waals surface area contributed by atoms with Crippen LogP contribution < -0.4 is 0 Å². The number of nitrogens with zero attached hydrogens (tertiary/aromatic N) is 3. The first-order chi connectivity index (χ1) is 11.6. The summed E-state index contributed by atoms with van der Waals surface area (Å²) in [6.45, 7) is 1.85. The van der Waals surface area contributed by atoms with Gasteiger partial charge in [-0.15, -0.1) is 0 Å². The van der Waals surface area contributed by atoms with Crippen LogP contribution in [0, 0.1) is 0 Å². The highest BCUT2D eigenvalue weighted by molar-refractivity contribution is 7.91. The van der Waals surface area contributed by atoms with Crippen LogP contribution in [0.4, 0.5) is 0 Å². The molecule has 25 heavy (non-hydrogen) atoms. The molecule has 0 aromatic carbocycles. The van der Waals surface area contributed by atoms with Crippen molar-refractivity contribution in [3.63, 3.8) is 0 Å². The van der Waals surface area contributed by atoms with E-state index in [0.717, 1.165) is 16.1 Å². The third-order valence-electron chi connectivity index (χ3n) is 4.20. The molecule has 1 aliphatic rings. The minimum atomic E-state index is -3.60. The maximum absolute atomic E-state index is 12.6. The lowest BCUT2D eigenvalue weighted by molar-refractivity contribution is -0.133. The second kappa shape index (κ2) is 7.79. The van der Waals surface area contributed by atoms with Gasteiger partial charge in [0.1, 0.15) is 0 Å². The number of hydrogen-bond acceptors (Lipinski definition) is 6. The van der Waals surface area contributed by atoms with Gasteiger partial charge in [-0.05, 0) is 31.0 Å². The SMILES string of the molecule is CCN(C(=O)CN(Cc1ccncc1)S(C)(=O)=O)C1CCS(=O)(=O)C1. The van der Waals surface area contributed by atoms with Gasteiger partial charge >= 0.3 is 0 Å². The first-order valence-electron chi connectivity index (χ1n) is 7.96. The summed E-state index contributed by atoms with van der Waals surface area (Å²) < 4.78 is 48.5. The van der Waals surface area contributed by atoms with Crippen molar-refractivity contribution >= 4 is 25.8 Å². The highest BCUT2D eigenvalue weighted by Gasteiger charge is 2.35. The Morgan fingerprint density at radius 2 is 1.96 bits per heavy atom. The lowest BCUT2D eigenvalue weighted by Crippen LogP contribution is -2.47. The number of carbonyl (C=O) groups is 1. The average Bonchev–Trinajstić information content (AvgIpc) is 2.87. The number of sulfone groups is 1. The smallest absolute Gasteiger partial charge is 0.238 e. The molecule has 1 aromatic heterocycles. The van der Waals surface area contributed by atoms with Crippen molar-refractivity contribution in [1.29, 1.82) is 0 Å². The zero-order chi connectivity index (χ0) is 18.7. The Morgan fingerprint density at radius 3 is 2.44 bits per heavy atom. The fourth-order valence-electron chi connectivity index (χ4n) is 2.88. The summed E-state index contributed by atoms with van der Waals surface area (Å²) in [5.41, 5.74) is 0.722. The van der Waals surface area contributed by atoms with Crippen molar-refractivity contribution < 1.29 is 21.6 Å². The highest BCUT2D eigenvalue weighted by Crippen LogP contribution is 2.18. The summed E-state index contributed by atoms with van der Waals surface area (Å²) in [5, 5.41) is 0. The van der Waals surface area contributed by atoms with Gasteiger partial charge in [0.05, 0.1) is 24.3 Å². The lowest BCUT2D eigenvalue weighted by Gasteiger charge is -2.29. The Kier molecular flexibility index (Phi) is 6.17. The number of amides is 1. The van der Waals surface area contributed by atoms with Crippen molar-refractivity contribution in [1.82, 2.24) is 14.2 Å². The van der Waals surface area contributed by atoms with Crippen molar-refractivity contribution in [3.05, 3.63) is 30.1 Å². The summed E-state index contributed by atoms with van der Waals surface area (Å²) in [4.78, 5) is 18.0. The predicted octanol–water partition coefficient (Wildman–Crippen LogP) is -0.121. The minimum Gasteiger partial charge on any atom is -0.338 e. The van der Waals surface area contributed by atoms with E-state index in [-0.39, 0.29) is 36.5 Å². The molecule has 2 heterocycles. The van der Waals surface area contributed by atoms with Gasteiger partial charge in [0.2, 0.25) is 15.9 Å². The van der Waals surface area contributed by atoms with E-state index in [1.807, 2.05) is 0 Å². The van der Waals surface area contributed by atoms with E-state index in [1.165, 1.54) is 4.90 Å². The van der Waals surface area contributed by atoms with E-state index < -0.39 is 19.9 Å². The third kappa shape index (κ3) is 5.48. The van der Waals surface area contributed by atoms with Gasteiger partial charge in [-0.2, -0.15) is 4.31 Å². The number of sulfonamides is 1. The molecule has 2 rings (SSSR count). The zero-order valence-corrected chi connectivity index (χ0v) is 16.0. The standard InChI is InChI=1S/C15H23N3O5S2/c1-3-18(14-6-9-25(22,23)12-14)15(19)11-17(24(2,20)21)10-13-4-7-16-8-5-13/h4-5,7-8,14H,3,6,9-12H2,1-2H3. The Morgan fingerprint density at radius 1 is 1.32 bits per heavy atom. The maximum Gasteiger partial charge on any atom is 0.238 e. The molecular weight excluding hydrogens is 366 g/mol. The molecule has 10 heteroatoms. The first-order valence-corrected chi connectivity index (χ1v) is 11.6. The van der Waals surface area contributed by atoms with E-state index in [2.05, 4.69) is 4.98 Å². The second-order valence-electron chi connectivity index (χ2n) is 6.12. The number of rotatable bonds is 7. The van der Waals surface area contributed by atoms with E-state index in [9.17, 15) is 21.6 Å². The summed E-state index contributed by atoms with van der Waals surface area (Å²) in [7, 11) is -6.72. The molecule has 1 saturated heterocycles. The fraction of sp³-hybridized carbons (Fsp3) is 0.600. The molecule has 1 atom stereocenters. The topological polar surface area (TPSA) is 105 Å². The van der Waals surface area contributed by atoms with Gasteiger partial charge < -0.3 is 4.90 Å². The van der Waals surface area contributed by atoms with Crippen LogP contribution >= 0.6 is 0 Å². The van der Waals surface area contributed by atoms with Crippen LogP contribution in [0.3, 0.4) is 0 Å². The van der Waals surface area contributed by atoms with Crippen LogP contribution in [-0.2, 0) is 31.2 Å². The minimum absolute atomic E-state index is 0.0597. The molecule has 1 amide bonds. The molecule has 1 fully saturated rings. The molecular formula is C15H23N3O5S2. The van der Waals surface area contributed by atoms with E-state index >= 15 is 0 Å². The molecule has 1 unspecified atom stereocenters.